The first kappa shape index (κ1) is 32.3. The lowest BCUT2D eigenvalue weighted by molar-refractivity contribution is -0.139. The number of carbonyl (C=O) groups is 1. The van der Waals surface area contributed by atoms with Crippen LogP contribution in [0.15, 0.2) is 53.4 Å². The van der Waals surface area contributed by atoms with Gasteiger partial charge in [-0.25, -0.2) is 26.3 Å². The second kappa shape index (κ2) is 11.9. The van der Waals surface area contributed by atoms with Crippen LogP contribution in [0.1, 0.15) is 50.7 Å². The summed E-state index contributed by atoms with van der Waals surface area (Å²) >= 11 is 6.39. The molecule has 2 heterocycles. The number of anilines is 1. The summed E-state index contributed by atoms with van der Waals surface area (Å²) in [6, 6.07) is 10.3. The van der Waals surface area contributed by atoms with E-state index < -0.39 is 37.6 Å². The van der Waals surface area contributed by atoms with Crippen LogP contribution >= 0.6 is 11.6 Å². The summed E-state index contributed by atoms with van der Waals surface area (Å²) in [4.78, 5) is 15.3. The first-order chi connectivity index (χ1) is 21.2. The van der Waals surface area contributed by atoms with Gasteiger partial charge in [0.25, 0.3) is 15.9 Å². The van der Waals surface area contributed by atoms with E-state index in [0.717, 1.165) is 38.4 Å². The lowest BCUT2D eigenvalue weighted by atomic mass is 9.68. The maximum Gasteiger partial charge on any atom is 0.265 e. The third-order valence-electron chi connectivity index (χ3n) is 9.72. The Morgan fingerprint density at radius 3 is 2.67 bits per heavy atom. The van der Waals surface area contributed by atoms with Crippen LogP contribution in [0, 0.1) is 11.8 Å². The fourth-order valence-corrected chi connectivity index (χ4v) is 9.25. The highest BCUT2D eigenvalue weighted by Crippen LogP contribution is 2.47. The van der Waals surface area contributed by atoms with E-state index in [1.54, 1.807) is 24.3 Å². The standard InChI is InChI=1S/C32H40ClN3O7S2/c1-31(2)30(37)35-45(40,41)24-10-13-29-28(17-24)36(18-22-8-11-25(22)27(7-5-15-43-31)34-44(3,38)39)19-32(20-42-29)14-4-6-21-16-23(33)9-12-26(21)32/h5,7,9-10,12-13,16-17,22,25,27,34H,4,6,8,11,14-15,18-20H2,1-3H3,(H,35,37)/b7-5-/t22-,25+,27-,32-/m0/s1. The SMILES string of the molecule is CC1(C)OC/C=C\[C@H](NS(C)(=O)=O)[C@@H]2CC[C@H]2CN2C[C@@]3(CCCc4cc(Cl)ccc43)COc3ccc(cc32)S(=O)(=O)NC1=O. The van der Waals surface area contributed by atoms with Gasteiger partial charge >= 0.3 is 0 Å². The number of carbonyl (C=O) groups excluding carboxylic acids is 1. The van der Waals surface area contributed by atoms with Crippen LogP contribution in [-0.4, -0.2) is 66.9 Å². The Morgan fingerprint density at radius 1 is 1.13 bits per heavy atom. The lowest BCUT2D eigenvalue weighted by Crippen LogP contribution is -2.52. The largest absolute Gasteiger partial charge is 0.490 e. The highest BCUT2D eigenvalue weighted by molar-refractivity contribution is 7.90. The van der Waals surface area contributed by atoms with E-state index in [1.807, 2.05) is 12.1 Å². The first-order valence-electron chi connectivity index (χ1n) is 15.3. The normalized spacial score (nSPS) is 30.1. The number of fused-ring (bicyclic) bond motifs is 4. The average Bonchev–Trinajstić information content (AvgIpc) is 3.09. The van der Waals surface area contributed by atoms with Gasteiger partial charge < -0.3 is 14.4 Å². The van der Waals surface area contributed by atoms with Crippen LogP contribution in [0.2, 0.25) is 5.02 Å². The maximum atomic E-state index is 13.5. The van der Waals surface area contributed by atoms with Crippen molar-refractivity contribution >= 4 is 43.2 Å². The second-order valence-electron chi connectivity index (χ2n) is 13.3. The number of hydrogen-bond donors (Lipinski definition) is 2. The van der Waals surface area contributed by atoms with Crippen molar-refractivity contribution in [3.05, 3.63) is 64.7 Å². The van der Waals surface area contributed by atoms with E-state index in [0.29, 0.717) is 36.2 Å². The Bertz CT molecular complexity index is 1740. The van der Waals surface area contributed by atoms with Crippen LogP contribution < -0.4 is 19.1 Å². The molecule has 2 N–H and O–H groups in total. The molecule has 0 saturated heterocycles. The van der Waals surface area contributed by atoms with Gasteiger partial charge in [0, 0.05) is 29.6 Å². The molecule has 4 aliphatic rings. The van der Waals surface area contributed by atoms with Crippen molar-refractivity contribution in [1.82, 2.24) is 9.44 Å². The lowest BCUT2D eigenvalue weighted by Gasteiger charge is -2.46. The zero-order valence-electron chi connectivity index (χ0n) is 25.7. The average molecular weight is 678 g/mol. The molecule has 2 bridgehead atoms. The first-order valence-corrected chi connectivity index (χ1v) is 19.1. The predicted molar refractivity (Wildman–Crippen MR) is 173 cm³/mol. The molecule has 1 saturated carbocycles. The van der Waals surface area contributed by atoms with E-state index in [4.69, 9.17) is 21.1 Å². The molecule has 4 atom stereocenters. The van der Waals surface area contributed by atoms with E-state index in [1.165, 1.54) is 31.0 Å². The molecular formula is C32H40ClN3O7S2. The molecule has 0 aromatic heterocycles. The molecule has 2 aromatic carbocycles. The molecule has 2 aliphatic heterocycles. The van der Waals surface area contributed by atoms with Gasteiger partial charge in [-0.1, -0.05) is 29.8 Å². The van der Waals surface area contributed by atoms with Gasteiger partial charge in [-0.3, -0.25) is 4.79 Å². The molecule has 13 heteroatoms. The number of hydrogen-bond acceptors (Lipinski definition) is 8. The molecule has 244 valence electrons. The molecule has 45 heavy (non-hydrogen) atoms. The zero-order chi connectivity index (χ0) is 32.2. The minimum atomic E-state index is -4.24. The van der Waals surface area contributed by atoms with Crippen molar-refractivity contribution in [2.24, 2.45) is 11.8 Å². The number of nitrogens with one attached hydrogen (secondary N) is 2. The van der Waals surface area contributed by atoms with E-state index in [2.05, 4.69) is 20.4 Å². The fourth-order valence-electron chi connectivity index (χ4n) is 7.18. The van der Waals surface area contributed by atoms with Gasteiger partial charge in [-0.15, -0.1) is 0 Å². The monoisotopic (exact) mass is 677 g/mol. The number of aryl methyl sites for hydroxylation is 1. The number of sulfonamides is 2. The second-order valence-corrected chi connectivity index (χ2v) is 17.2. The van der Waals surface area contributed by atoms with Crippen LogP contribution in [0.25, 0.3) is 0 Å². The van der Waals surface area contributed by atoms with Crippen molar-refractivity contribution in [3.8, 4) is 5.75 Å². The Balaban J connectivity index is 1.45. The molecule has 1 amide bonds. The summed E-state index contributed by atoms with van der Waals surface area (Å²) in [5.41, 5.74) is 1.16. The van der Waals surface area contributed by atoms with Crippen molar-refractivity contribution < 1.29 is 31.1 Å². The van der Waals surface area contributed by atoms with Crippen molar-refractivity contribution in [2.45, 2.75) is 67.9 Å². The smallest absolute Gasteiger partial charge is 0.265 e. The summed E-state index contributed by atoms with van der Waals surface area (Å²) in [5, 5.41) is 0.689. The molecule has 2 aliphatic carbocycles. The fraction of sp³-hybridized carbons (Fsp3) is 0.531. The number of halogens is 1. The molecule has 6 rings (SSSR count). The molecular weight excluding hydrogens is 638 g/mol. The quantitative estimate of drug-likeness (QED) is 0.458. The number of nitrogens with zero attached hydrogens (tertiary/aromatic N) is 1. The van der Waals surface area contributed by atoms with E-state index in [9.17, 15) is 21.6 Å². The highest BCUT2D eigenvalue weighted by Gasteiger charge is 2.45. The Labute approximate surface area is 270 Å². The third-order valence-corrected chi connectivity index (χ3v) is 12.0. The highest BCUT2D eigenvalue weighted by atomic mass is 35.5. The Morgan fingerprint density at radius 2 is 1.93 bits per heavy atom. The number of ether oxygens (including phenoxy) is 2. The molecule has 0 unspecified atom stereocenters. The summed E-state index contributed by atoms with van der Waals surface area (Å²) in [6.07, 6.45) is 9.11. The van der Waals surface area contributed by atoms with E-state index in [-0.39, 0.29) is 28.8 Å². The van der Waals surface area contributed by atoms with Crippen molar-refractivity contribution in [3.63, 3.8) is 0 Å². The summed E-state index contributed by atoms with van der Waals surface area (Å²) in [7, 11) is -7.76. The van der Waals surface area contributed by atoms with Gasteiger partial charge in [0.15, 0.2) is 0 Å². The number of amides is 1. The summed E-state index contributed by atoms with van der Waals surface area (Å²) < 4.78 is 69.1. The summed E-state index contributed by atoms with van der Waals surface area (Å²) in [5.74, 6) is -0.125. The van der Waals surface area contributed by atoms with Crippen LogP contribution in [0.4, 0.5) is 5.69 Å². The van der Waals surface area contributed by atoms with Gasteiger partial charge in [0.2, 0.25) is 10.0 Å². The zero-order valence-corrected chi connectivity index (χ0v) is 28.1. The van der Waals surface area contributed by atoms with Crippen LogP contribution in [0.5, 0.6) is 5.75 Å². The minimum Gasteiger partial charge on any atom is -0.490 e. The Kier molecular flexibility index (Phi) is 8.52. The topological polar surface area (TPSA) is 131 Å². The van der Waals surface area contributed by atoms with E-state index >= 15 is 0 Å². The van der Waals surface area contributed by atoms with Crippen LogP contribution in [0.3, 0.4) is 0 Å². The molecule has 1 fully saturated rings. The third kappa shape index (κ3) is 6.62. The van der Waals surface area contributed by atoms with Crippen LogP contribution in [-0.2, 0) is 41.4 Å². The molecule has 2 aromatic rings. The van der Waals surface area contributed by atoms with Crippen molar-refractivity contribution in [1.29, 1.82) is 0 Å². The molecule has 10 nitrogen and oxygen atoms in total. The molecule has 0 radical (unpaired) electrons. The van der Waals surface area contributed by atoms with Gasteiger partial charge in [0.1, 0.15) is 11.4 Å². The molecule has 1 spiro atoms. The number of benzene rings is 2. The van der Waals surface area contributed by atoms with Gasteiger partial charge in [-0.2, -0.15) is 0 Å². The minimum absolute atomic E-state index is 0.00590. The summed E-state index contributed by atoms with van der Waals surface area (Å²) in [6.45, 7) is 4.53. The number of rotatable bonds is 2. The van der Waals surface area contributed by atoms with Crippen molar-refractivity contribution in [2.75, 3.05) is 37.5 Å². The predicted octanol–water partition coefficient (Wildman–Crippen LogP) is 3.93. The van der Waals surface area contributed by atoms with Gasteiger partial charge in [0.05, 0.1) is 30.1 Å². The van der Waals surface area contributed by atoms with Gasteiger partial charge in [-0.05, 0) is 99.2 Å². The Hall–Kier alpha value is -2.64. The maximum absolute atomic E-state index is 13.5.